The molecule has 2 N–H and O–H groups in total. The quantitative estimate of drug-likeness (QED) is 0.302. The topological polar surface area (TPSA) is 60.0 Å². The van der Waals surface area contributed by atoms with E-state index >= 15 is 0 Å². The first kappa shape index (κ1) is 25.7. The summed E-state index contributed by atoms with van der Waals surface area (Å²) in [4.78, 5) is 21.1. The summed E-state index contributed by atoms with van der Waals surface area (Å²) in [6.07, 6.45) is 3.32. The molecule has 7 heteroatoms. The van der Waals surface area contributed by atoms with E-state index < -0.39 is 0 Å². The zero-order valence-electron chi connectivity index (χ0n) is 18.4. The van der Waals surface area contributed by atoms with Crippen molar-refractivity contribution in [2.24, 2.45) is 10.9 Å². The van der Waals surface area contributed by atoms with Crippen molar-refractivity contribution in [2.45, 2.75) is 33.1 Å². The van der Waals surface area contributed by atoms with Gasteiger partial charge in [-0.1, -0.05) is 19.1 Å². The molecule has 0 spiro atoms. The molecular formula is C22H38IN5O. The lowest BCUT2D eigenvalue weighted by molar-refractivity contribution is 0.0827. The lowest BCUT2D eigenvalue weighted by Crippen LogP contribution is -2.38. The second-order valence-electron chi connectivity index (χ2n) is 7.75. The molecule has 1 heterocycles. The van der Waals surface area contributed by atoms with Crippen LogP contribution in [0.25, 0.3) is 0 Å². The number of benzene rings is 1. The van der Waals surface area contributed by atoms with Crippen molar-refractivity contribution in [3.63, 3.8) is 0 Å². The smallest absolute Gasteiger partial charge is 0.253 e. The van der Waals surface area contributed by atoms with E-state index in [1.54, 1.807) is 19.0 Å². The summed E-state index contributed by atoms with van der Waals surface area (Å²) in [5.41, 5.74) is 1.89. The monoisotopic (exact) mass is 515 g/mol. The molecule has 1 atom stereocenters. The first-order valence-corrected chi connectivity index (χ1v) is 10.6. The van der Waals surface area contributed by atoms with Crippen LogP contribution in [0.5, 0.6) is 0 Å². The van der Waals surface area contributed by atoms with Gasteiger partial charge in [-0.25, -0.2) is 0 Å². The van der Waals surface area contributed by atoms with Gasteiger partial charge in [0.1, 0.15) is 0 Å². The third kappa shape index (κ3) is 8.90. The molecule has 1 aliphatic heterocycles. The molecule has 0 aromatic heterocycles. The SMILES string of the molecule is CCCN1CCC(CN=C(NCC)NCCc2cccc(C(=O)N(C)C)c2)C1.I. The highest BCUT2D eigenvalue weighted by Crippen LogP contribution is 2.16. The fourth-order valence-electron chi connectivity index (χ4n) is 3.59. The largest absolute Gasteiger partial charge is 0.357 e. The van der Waals surface area contributed by atoms with E-state index in [1.807, 2.05) is 18.2 Å². The molecular weight excluding hydrogens is 477 g/mol. The molecule has 0 radical (unpaired) electrons. The lowest BCUT2D eigenvalue weighted by atomic mass is 10.1. The van der Waals surface area contributed by atoms with Crippen LogP contribution in [0.4, 0.5) is 0 Å². The molecule has 0 aliphatic carbocycles. The van der Waals surface area contributed by atoms with Crippen molar-refractivity contribution in [3.8, 4) is 0 Å². The number of aliphatic imine (C=N–C) groups is 1. The predicted molar refractivity (Wildman–Crippen MR) is 132 cm³/mol. The maximum absolute atomic E-state index is 12.1. The summed E-state index contributed by atoms with van der Waals surface area (Å²) < 4.78 is 0. The Morgan fingerprint density at radius 2 is 2.07 bits per heavy atom. The third-order valence-corrected chi connectivity index (χ3v) is 5.05. The van der Waals surface area contributed by atoms with Gasteiger partial charge in [-0.15, -0.1) is 24.0 Å². The average Bonchev–Trinajstić information content (AvgIpc) is 3.13. The van der Waals surface area contributed by atoms with Gasteiger partial charge in [0, 0.05) is 45.8 Å². The second kappa shape index (κ2) is 13.8. The van der Waals surface area contributed by atoms with Crippen LogP contribution in [0, 0.1) is 5.92 Å². The van der Waals surface area contributed by atoms with Crippen LogP contribution in [-0.2, 0) is 6.42 Å². The Kier molecular flexibility index (Phi) is 12.2. The Hall–Kier alpha value is -1.35. The molecule has 1 aromatic rings. The first-order chi connectivity index (χ1) is 13.5. The van der Waals surface area contributed by atoms with Gasteiger partial charge in [0.05, 0.1) is 0 Å². The number of nitrogens with one attached hydrogen (secondary N) is 2. The van der Waals surface area contributed by atoms with Gasteiger partial charge in [0.15, 0.2) is 5.96 Å². The number of likely N-dealkylation sites (tertiary alicyclic amines) is 1. The molecule has 1 aromatic carbocycles. The van der Waals surface area contributed by atoms with Crippen molar-refractivity contribution in [2.75, 3.05) is 53.4 Å². The van der Waals surface area contributed by atoms with E-state index in [0.717, 1.165) is 43.1 Å². The molecule has 1 fully saturated rings. The molecule has 1 amide bonds. The Labute approximate surface area is 193 Å². The number of carbonyl (C=O) groups is 1. The highest BCUT2D eigenvalue weighted by Gasteiger charge is 2.21. The van der Waals surface area contributed by atoms with Gasteiger partial charge in [0.2, 0.25) is 0 Å². The molecule has 0 bridgehead atoms. The average molecular weight is 515 g/mol. The number of guanidine groups is 1. The molecule has 0 saturated carbocycles. The summed E-state index contributed by atoms with van der Waals surface area (Å²) in [6, 6.07) is 7.87. The fourth-order valence-corrected chi connectivity index (χ4v) is 3.59. The van der Waals surface area contributed by atoms with E-state index in [2.05, 4.69) is 35.4 Å². The zero-order valence-corrected chi connectivity index (χ0v) is 20.7. The van der Waals surface area contributed by atoms with Crippen LogP contribution >= 0.6 is 24.0 Å². The molecule has 164 valence electrons. The van der Waals surface area contributed by atoms with E-state index in [-0.39, 0.29) is 29.9 Å². The third-order valence-electron chi connectivity index (χ3n) is 5.05. The zero-order chi connectivity index (χ0) is 20.4. The normalized spacial score (nSPS) is 17.0. The van der Waals surface area contributed by atoms with E-state index in [0.29, 0.717) is 5.92 Å². The predicted octanol–water partition coefficient (Wildman–Crippen LogP) is 2.84. The number of hydrogen-bond donors (Lipinski definition) is 2. The standard InChI is InChI=1S/C22H37N5O.HI/c1-5-13-27-14-11-19(17-27)16-25-22(23-6-2)24-12-10-18-8-7-9-20(15-18)21(28)26(3)4;/h7-9,15,19H,5-6,10-14,16-17H2,1-4H3,(H2,23,24,25);1H. The minimum absolute atomic E-state index is 0. The van der Waals surface area contributed by atoms with E-state index in [9.17, 15) is 4.79 Å². The van der Waals surface area contributed by atoms with Crippen LogP contribution in [0.2, 0.25) is 0 Å². The van der Waals surface area contributed by atoms with Crippen molar-refractivity contribution < 1.29 is 4.79 Å². The minimum atomic E-state index is 0. The molecule has 29 heavy (non-hydrogen) atoms. The van der Waals surface area contributed by atoms with Gasteiger partial charge >= 0.3 is 0 Å². The fraction of sp³-hybridized carbons (Fsp3) is 0.636. The summed E-state index contributed by atoms with van der Waals surface area (Å²) in [7, 11) is 3.56. The number of nitrogens with zero attached hydrogens (tertiary/aromatic N) is 3. The van der Waals surface area contributed by atoms with Crippen LogP contribution < -0.4 is 10.6 Å². The summed E-state index contributed by atoms with van der Waals surface area (Å²) in [5.74, 6) is 1.59. The van der Waals surface area contributed by atoms with E-state index in [4.69, 9.17) is 4.99 Å². The summed E-state index contributed by atoms with van der Waals surface area (Å²) in [6.45, 7) is 10.4. The highest BCUT2D eigenvalue weighted by atomic mass is 127. The van der Waals surface area contributed by atoms with Crippen molar-refractivity contribution in [3.05, 3.63) is 35.4 Å². The molecule has 6 nitrogen and oxygen atoms in total. The van der Waals surface area contributed by atoms with Gasteiger partial charge < -0.3 is 20.4 Å². The second-order valence-corrected chi connectivity index (χ2v) is 7.75. The van der Waals surface area contributed by atoms with Crippen molar-refractivity contribution in [1.29, 1.82) is 0 Å². The number of rotatable bonds is 9. The highest BCUT2D eigenvalue weighted by molar-refractivity contribution is 14.0. The van der Waals surface area contributed by atoms with Crippen LogP contribution in [-0.4, -0.2) is 75.0 Å². The lowest BCUT2D eigenvalue weighted by Gasteiger charge is -2.15. The van der Waals surface area contributed by atoms with Gasteiger partial charge in [-0.2, -0.15) is 0 Å². The minimum Gasteiger partial charge on any atom is -0.357 e. The number of amides is 1. The van der Waals surface area contributed by atoms with Gasteiger partial charge in [0.25, 0.3) is 5.91 Å². The summed E-state index contributed by atoms with van der Waals surface area (Å²) >= 11 is 0. The maximum atomic E-state index is 12.1. The number of halogens is 1. The van der Waals surface area contributed by atoms with E-state index in [1.165, 1.54) is 32.5 Å². The Balaban J connectivity index is 0.00000420. The van der Waals surface area contributed by atoms with Crippen LogP contribution in [0.1, 0.15) is 42.6 Å². The first-order valence-electron chi connectivity index (χ1n) is 10.6. The van der Waals surface area contributed by atoms with Crippen molar-refractivity contribution >= 4 is 35.8 Å². The maximum Gasteiger partial charge on any atom is 0.253 e. The molecule has 1 aliphatic rings. The Morgan fingerprint density at radius 3 is 2.76 bits per heavy atom. The Bertz CT molecular complexity index is 650. The van der Waals surface area contributed by atoms with Gasteiger partial charge in [-0.05, 0) is 62.9 Å². The molecule has 1 unspecified atom stereocenters. The van der Waals surface area contributed by atoms with Crippen LogP contribution in [0.15, 0.2) is 29.3 Å². The summed E-state index contributed by atoms with van der Waals surface area (Å²) in [5, 5.41) is 6.77. The van der Waals surface area contributed by atoms with Gasteiger partial charge in [-0.3, -0.25) is 9.79 Å². The molecule has 1 saturated heterocycles. The molecule has 2 rings (SSSR count). The van der Waals surface area contributed by atoms with Crippen molar-refractivity contribution in [1.82, 2.24) is 20.4 Å². The van der Waals surface area contributed by atoms with Crippen LogP contribution in [0.3, 0.4) is 0 Å². The number of hydrogen-bond acceptors (Lipinski definition) is 3. The Morgan fingerprint density at radius 1 is 1.28 bits per heavy atom. The number of carbonyl (C=O) groups excluding carboxylic acids is 1.